The van der Waals surface area contributed by atoms with E-state index in [0.717, 1.165) is 5.56 Å². The van der Waals surface area contributed by atoms with Crippen LogP contribution in [0.5, 0.6) is 0 Å². The molecule has 0 unspecified atom stereocenters. The second-order valence-corrected chi connectivity index (χ2v) is 6.59. The minimum Gasteiger partial charge on any atom is -0.495 e. The van der Waals surface area contributed by atoms with Crippen molar-refractivity contribution in [2.24, 2.45) is 0 Å². The zero-order chi connectivity index (χ0) is 16.9. The summed E-state index contributed by atoms with van der Waals surface area (Å²) in [7, 11) is 0. The summed E-state index contributed by atoms with van der Waals surface area (Å²) in [5.74, 6) is -0.00898. The van der Waals surface area contributed by atoms with Crippen LogP contribution in [0.2, 0.25) is 0 Å². The summed E-state index contributed by atoms with van der Waals surface area (Å²) in [6.45, 7) is 5.42. The highest BCUT2D eigenvalue weighted by atomic mass is 16.6. The van der Waals surface area contributed by atoms with Gasteiger partial charge in [-0.3, -0.25) is 4.79 Å². The molecule has 23 heavy (non-hydrogen) atoms. The largest absolute Gasteiger partial charge is 0.495 e. The van der Waals surface area contributed by atoms with Gasteiger partial charge in [-0.05, 0) is 32.8 Å². The fraction of sp³-hybridized carbons (Fsp3) is 0.444. The molecule has 5 nitrogen and oxygen atoms in total. The van der Waals surface area contributed by atoms with E-state index in [1.165, 1.54) is 12.3 Å². The minimum atomic E-state index is -0.579. The van der Waals surface area contributed by atoms with Gasteiger partial charge in [0.05, 0.1) is 12.3 Å². The van der Waals surface area contributed by atoms with Crippen LogP contribution < -0.4 is 5.32 Å². The lowest BCUT2D eigenvalue weighted by Gasteiger charge is -2.30. The van der Waals surface area contributed by atoms with E-state index in [4.69, 9.17) is 9.47 Å². The second-order valence-electron chi connectivity index (χ2n) is 6.59. The number of ether oxygens (including phenoxy) is 2. The molecule has 1 amide bonds. The standard InChI is InChI=1S/C18H23NO4/c1-18(2,3)23-17(21)19-15(11-13-7-5-4-6-8-13)16-12-14(20)9-10-22-16/h4-10,15-16H,11-12H2,1-3H3,(H,19,21)/t15-,16-/m1/s1. The smallest absolute Gasteiger partial charge is 0.408 e. The molecule has 1 aromatic rings. The fourth-order valence-electron chi connectivity index (χ4n) is 2.37. The summed E-state index contributed by atoms with van der Waals surface area (Å²) in [6.07, 6.45) is 2.69. The Labute approximate surface area is 136 Å². The first-order chi connectivity index (χ1) is 10.8. The Morgan fingerprint density at radius 1 is 1.35 bits per heavy atom. The molecule has 0 aliphatic carbocycles. The van der Waals surface area contributed by atoms with Crippen LogP contribution in [0.25, 0.3) is 0 Å². The molecular weight excluding hydrogens is 294 g/mol. The molecule has 0 spiro atoms. The van der Waals surface area contributed by atoms with Gasteiger partial charge in [0.1, 0.15) is 11.7 Å². The van der Waals surface area contributed by atoms with Gasteiger partial charge in [-0.15, -0.1) is 0 Å². The molecule has 1 N–H and O–H groups in total. The number of allylic oxidation sites excluding steroid dienone is 1. The third kappa shape index (κ3) is 5.77. The summed E-state index contributed by atoms with van der Waals surface area (Å²) in [6, 6.07) is 9.41. The number of amides is 1. The Morgan fingerprint density at radius 3 is 2.65 bits per heavy atom. The molecule has 2 rings (SSSR count). The van der Waals surface area contributed by atoms with Gasteiger partial charge < -0.3 is 14.8 Å². The molecule has 0 aromatic heterocycles. The Hall–Kier alpha value is -2.30. The molecular formula is C18H23NO4. The zero-order valence-corrected chi connectivity index (χ0v) is 13.7. The van der Waals surface area contributed by atoms with Gasteiger partial charge in [0.25, 0.3) is 0 Å². The first kappa shape index (κ1) is 17.1. The fourth-order valence-corrected chi connectivity index (χ4v) is 2.37. The average molecular weight is 317 g/mol. The zero-order valence-electron chi connectivity index (χ0n) is 13.7. The summed E-state index contributed by atoms with van der Waals surface area (Å²) in [5, 5.41) is 2.84. The van der Waals surface area contributed by atoms with Crippen molar-refractivity contribution in [3.8, 4) is 0 Å². The highest BCUT2D eigenvalue weighted by Crippen LogP contribution is 2.17. The van der Waals surface area contributed by atoms with Gasteiger partial charge in [0, 0.05) is 12.5 Å². The van der Waals surface area contributed by atoms with E-state index in [0.29, 0.717) is 6.42 Å². The lowest BCUT2D eigenvalue weighted by Crippen LogP contribution is -2.48. The molecule has 124 valence electrons. The van der Waals surface area contributed by atoms with Crippen LogP contribution in [-0.2, 0) is 20.7 Å². The lowest BCUT2D eigenvalue weighted by atomic mass is 9.97. The predicted molar refractivity (Wildman–Crippen MR) is 86.9 cm³/mol. The Morgan fingerprint density at radius 2 is 2.04 bits per heavy atom. The summed E-state index contributed by atoms with van der Waals surface area (Å²) >= 11 is 0. The maximum Gasteiger partial charge on any atom is 0.408 e. The molecule has 1 heterocycles. The van der Waals surface area contributed by atoms with E-state index in [-0.39, 0.29) is 18.2 Å². The van der Waals surface area contributed by atoms with E-state index in [9.17, 15) is 9.59 Å². The maximum atomic E-state index is 12.1. The average Bonchev–Trinajstić information content (AvgIpc) is 2.45. The number of benzene rings is 1. The number of hydrogen-bond donors (Lipinski definition) is 1. The van der Waals surface area contributed by atoms with E-state index in [1.54, 1.807) is 0 Å². The number of hydrogen-bond acceptors (Lipinski definition) is 4. The number of nitrogens with one attached hydrogen (secondary N) is 1. The van der Waals surface area contributed by atoms with Gasteiger partial charge in [0.15, 0.2) is 5.78 Å². The lowest BCUT2D eigenvalue weighted by molar-refractivity contribution is -0.118. The van der Waals surface area contributed by atoms with Gasteiger partial charge >= 0.3 is 6.09 Å². The summed E-state index contributed by atoms with van der Waals surface area (Å²) in [5.41, 5.74) is 0.476. The highest BCUT2D eigenvalue weighted by molar-refractivity contribution is 5.90. The number of alkyl carbamates (subject to hydrolysis) is 1. The molecule has 0 fully saturated rings. The molecule has 0 bridgehead atoms. The van der Waals surface area contributed by atoms with Crippen molar-refractivity contribution in [1.82, 2.24) is 5.32 Å². The highest BCUT2D eigenvalue weighted by Gasteiger charge is 2.29. The first-order valence-electron chi connectivity index (χ1n) is 7.72. The SMILES string of the molecule is CC(C)(C)OC(=O)N[C@H](Cc1ccccc1)[C@H]1CC(=O)C=CO1. The van der Waals surface area contributed by atoms with Gasteiger partial charge in [0.2, 0.25) is 0 Å². The normalized spacial score (nSPS) is 18.9. The maximum absolute atomic E-state index is 12.1. The van der Waals surface area contributed by atoms with Crippen LogP contribution in [0.15, 0.2) is 42.7 Å². The number of carbonyl (C=O) groups is 2. The topological polar surface area (TPSA) is 64.6 Å². The van der Waals surface area contributed by atoms with Crippen molar-refractivity contribution in [3.63, 3.8) is 0 Å². The molecule has 1 aliphatic heterocycles. The minimum absolute atomic E-state index is 0.00898. The van der Waals surface area contributed by atoms with Crippen LogP contribution in [-0.4, -0.2) is 29.6 Å². The van der Waals surface area contributed by atoms with Crippen molar-refractivity contribution in [2.45, 2.75) is 51.4 Å². The molecule has 1 aromatic carbocycles. The molecule has 0 saturated heterocycles. The van der Waals surface area contributed by atoms with Crippen molar-refractivity contribution in [3.05, 3.63) is 48.2 Å². The summed E-state index contributed by atoms with van der Waals surface area (Å²) < 4.78 is 10.9. The van der Waals surface area contributed by atoms with Crippen molar-refractivity contribution < 1.29 is 19.1 Å². The van der Waals surface area contributed by atoms with Gasteiger partial charge in [-0.2, -0.15) is 0 Å². The van der Waals surface area contributed by atoms with Crippen LogP contribution in [0, 0.1) is 0 Å². The summed E-state index contributed by atoms with van der Waals surface area (Å²) in [4.78, 5) is 23.7. The third-order valence-electron chi connectivity index (χ3n) is 3.36. The van der Waals surface area contributed by atoms with Crippen LogP contribution in [0.3, 0.4) is 0 Å². The second kappa shape index (κ2) is 7.31. The van der Waals surface area contributed by atoms with Crippen molar-refractivity contribution in [2.75, 3.05) is 0 Å². The quantitative estimate of drug-likeness (QED) is 0.927. The van der Waals surface area contributed by atoms with Crippen molar-refractivity contribution in [1.29, 1.82) is 0 Å². The van der Waals surface area contributed by atoms with E-state index < -0.39 is 17.8 Å². The molecule has 2 atom stereocenters. The number of rotatable bonds is 4. The number of carbonyl (C=O) groups excluding carboxylic acids is 2. The van der Waals surface area contributed by atoms with Crippen LogP contribution in [0.1, 0.15) is 32.8 Å². The third-order valence-corrected chi connectivity index (χ3v) is 3.36. The molecule has 5 heteroatoms. The van der Waals surface area contributed by atoms with Crippen LogP contribution >= 0.6 is 0 Å². The first-order valence-corrected chi connectivity index (χ1v) is 7.72. The molecule has 0 saturated carbocycles. The monoisotopic (exact) mass is 317 g/mol. The Bertz CT molecular complexity index is 574. The van der Waals surface area contributed by atoms with E-state index in [1.807, 2.05) is 51.1 Å². The van der Waals surface area contributed by atoms with Gasteiger partial charge in [-0.1, -0.05) is 30.3 Å². The van der Waals surface area contributed by atoms with E-state index in [2.05, 4.69) is 5.32 Å². The predicted octanol–water partition coefficient (Wildman–Crippen LogP) is 2.99. The van der Waals surface area contributed by atoms with E-state index >= 15 is 0 Å². The van der Waals surface area contributed by atoms with Gasteiger partial charge in [-0.25, -0.2) is 4.79 Å². The number of ketones is 1. The van der Waals surface area contributed by atoms with Crippen LogP contribution in [0.4, 0.5) is 4.79 Å². The molecule has 1 aliphatic rings. The van der Waals surface area contributed by atoms with Crippen molar-refractivity contribution >= 4 is 11.9 Å². The Balaban J connectivity index is 2.09. The molecule has 0 radical (unpaired) electrons. The Kier molecular flexibility index (Phi) is 5.42.